The molecule has 1 atom stereocenters. The van der Waals surface area contributed by atoms with E-state index in [1.54, 1.807) is 0 Å². The van der Waals surface area contributed by atoms with Crippen LogP contribution in [-0.4, -0.2) is 23.5 Å². The highest BCUT2D eigenvalue weighted by molar-refractivity contribution is 5.92. The summed E-state index contributed by atoms with van der Waals surface area (Å²) in [5.74, 6) is -1.66. The van der Waals surface area contributed by atoms with Gasteiger partial charge in [0.2, 0.25) is 0 Å². The van der Waals surface area contributed by atoms with E-state index in [9.17, 15) is 19.2 Å². The van der Waals surface area contributed by atoms with E-state index in [4.69, 9.17) is 4.74 Å². The van der Waals surface area contributed by atoms with E-state index in [1.165, 1.54) is 19.1 Å². The summed E-state index contributed by atoms with van der Waals surface area (Å²) in [4.78, 5) is 24.1. The molecular weight excluding hydrogens is 299 g/mol. The van der Waals surface area contributed by atoms with Crippen LogP contribution in [0.15, 0.2) is 24.3 Å². The quantitative estimate of drug-likeness (QED) is 0.866. The number of carbonyl (C=O) groups is 2. The van der Waals surface area contributed by atoms with Crippen LogP contribution >= 0.6 is 0 Å². The summed E-state index contributed by atoms with van der Waals surface area (Å²) in [5, 5.41) is 12.1. The number of amides is 1. The highest BCUT2D eigenvalue weighted by Gasteiger charge is 2.35. The molecule has 1 aliphatic rings. The van der Waals surface area contributed by atoms with Gasteiger partial charge in [0.1, 0.15) is 11.4 Å². The van der Waals surface area contributed by atoms with Crippen LogP contribution in [-0.2, 0) is 9.53 Å². The summed E-state index contributed by atoms with van der Waals surface area (Å²) >= 11 is 0. The number of benzene rings is 1. The van der Waals surface area contributed by atoms with E-state index >= 15 is 0 Å². The molecule has 6 heteroatoms. The predicted molar refractivity (Wildman–Crippen MR) is 80.8 cm³/mol. The zero-order valence-electron chi connectivity index (χ0n) is 13.0. The van der Waals surface area contributed by atoms with Crippen molar-refractivity contribution in [3.05, 3.63) is 35.6 Å². The van der Waals surface area contributed by atoms with Crippen LogP contribution in [0.2, 0.25) is 0 Å². The van der Waals surface area contributed by atoms with Crippen molar-refractivity contribution in [1.29, 1.82) is 5.26 Å². The van der Waals surface area contributed by atoms with Crippen LogP contribution in [0, 0.1) is 17.1 Å². The molecule has 1 N–H and O–H groups in total. The SMILES string of the molecule is C[C@@H](OC(=O)c1ccc(F)cc1)C(=O)NC1(C#N)CCCCC1. The van der Waals surface area contributed by atoms with Gasteiger partial charge in [-0.05, 0) is 44.0 Å². The fourth-order valence-corrected chi connectivity index (χ4v) is 2.63. The monoisotopic (exact) mass is 318 g/mol. The molecule has 0 saturated heterocycles. The van der Waals surface area contributed by atoms with Gasteiger partial charge in [0.05, 0.1) is 11.6 Å². The number of carbonyl (C=O) groups excluding carboxylic acids is 2. The number of ether oxygens (including phenoxy) is 1. The third kappa shape index (κ3) is 4.28. The minimum absolute atomic E-state index is 0.165. The molecule has 0 spiro atoms. The maximum Gasteiger partial charge on any atom is 0.338 e. The van der Waals surface area contributed by atoms with Crippen molar-refractivity contribution in [3.63, 3.8) is 0 Å². The molecule has 122 valence electrons. The average Bonchev–Trinajstić information content (AvgIpc) is 2.56. The lowest BCUT2D eigenvalue weighted by molar-refractivity contribution is -0.130. The van der Waals surface area contributed by atoms with E-state index in [0.29, 0.717) is 12.8 Å². The normalized spacial score (nSPS) is 17.6. The highest BCUT2D eigenvalue weighted by Crippen LogP contribution is 2.27. The second kappa shape index (κ2) is 7.23. The van der Waals surface area contributed by atoms with Crippen LogP contribution in [0.25, 0.3) is 0 Å². The van der Waals surface area contributed by atoms with Gasteiger partial charge in [0, 0.05) is 0 Å². The molecule has 1 aromatic rings. The predicted octanol–water partition coefficient (Wildman–Crippen LogP) is 2.71. The largest absolute Gasteiger partial charge is 0.449 e. The van der Waals surface area contributed by atoms with E-state index in [2.05, 4.69) is 11.4 Å². The average molecular weight is 318 g/mol. The minimum Gasteiger partial charge on any atom is -0.449 e. The molecular formula is C17H19FN2O3. The molecule has 23 heavy (non-hydrogen) atoms. The van der Waals surface area contributed by atoms with Crippen LogP contribution in [0.3, 0.4) is 0 Å². The number of esters is 1. The van der Waals surface area contributed by atoms with Gasteiger partial charge < -0.3 is 10.1 Å². The van der Waals surface area contributed by atoms with Crippen molar-refractivity contribution in [2.45, 2.75) is 50.7 Å². The lowest BCUT2D eigenvalue weighted by Crippen LogP contribution is -2.52. The third-order valence-corrected chi connectivity index (χ3v) is 4.02. The molecule has 1 saturated carbocycles. The summed E-state index contributed by atoms with van der Waals surface area (Å²) in [5.41, 5.74) is -0.704. The van der Waals surface area contributed by atoms with Crippen LogP contribution < -0.4 is 5.32 Å². The fourth-order valence-electron chi connectivity index (χ4n) is 2.63. The van der Waals surface area contributed by atoms with Crippen molar-refractivity contribution in [1.82, 2.24) is 5.32 Å². The molecule has 0 aromatic heterocycles. The first-order chi connectivity index (χ1) is 11.0. The number of rotatable bonds is 4. The van der Waals surface area contributed by atoms with Gasteiger partial charge in [-0.25, -0.2) is 9.18 Å². The first-order valence-corrected chi connectivity index (χ1v) is 7.66. The number of halogens is 1. The first-order valence-electron chi connectivity index (χ1n) is 7.66. The molecule has 1 aromatic carbocycles. The molecule has 1 aliphatic carbocycles. The van der Waals surface area contributed by atoms with E-state index < -0.39 is 29.3 Å². The Balaban J connectivity index is 1.95. The molecule has 0 heterocycles. The molecule has 1 fully saturated rings. The summed E-state index contributed by atoms with van der Waals surface area (Å²) in [6, 6.07) is 7.06. The molecule has 0 radical (unpaired) electrons. The summed E-state index contributed by atoms with van der Waals surface area (Å²) < 4.78 is 17.9. The van der Waals surface area contributed by atoms with Crippen molar-refractivity contribution in [3.8, 4) is 6.07 Å². The first kappa shape index (κ1) is 16.9. The van der Waals surface area contributed by atoms with Crippen LogP contribution in [0.5, 0.6) is 0 Å². The van der Waals surface area contributed by atoms with Crippen LogP contribution in [0.1, 0.15) is 49.4 Å². The van der Waals surface area contributed by atoms with E-state index in [1.807, 2.05) is 0 Å². The Hall–Kier alpha value is -2.42. The van der Waals surface area contributed by atoms with E-state index in [-0.39, 0.29) is 5.56 Å². The van der Waals surface area contributed by atoms with Gasteiger partial charge in [-0.2, -0.15) is 5.26 Å². The Morgan fingerprint density at radius 3 is 2.43 bits per heavy atom. The Morgan fingerprint density at radius 1 is 1.26 bits per heavy atom. The van der Waals surface area contributed by atoms with Crippen LogP contribution in [0.4, 0.5) is 4.39 Å². The van der Waals surface area contributed by atoms with Crippen molar-refractivity contribution < 1.29 is 18.7 Å². The fraction of sp³-hybridized carbons (Fsp3) is 0.471. The molecule has 0 aliphatic heterocycles. The zero-order chi connectivity index (χ0) is 16.9. The van der Waals surface area contributed by atoms with E-state index in [0.717, 1.165) is 31.4 Å². The Labute approximate surface area is 134 Å². The summed E-state index contributed by atoms with van der Waals surface area (Å²) in [6.07, 6.45) is 3.01. The molecule has 5 nitrogen and oxygen atoms in total. The number of hydrogen-bond acceptors (Lipinski definition) is 4. The maximum absolute atomic E-state index is 12.8. The van der Waals surface area contributed by atoms with Crippen molar-refractivity contribution >= 4 is 11.9 Å². The Kier molecular flexibility index (Phi) is 5.32. The van der Waals surface area contributed by atoms with Crippen molar-refractivity contribution in [2.75, 3.05) is 0 Å². The standard InChI is InChI=1S/C17H19FN2O3/c1-12(23-16(22)13-5-7-14(18)8-6-13)15(21)20-17(11-19)9-3-2-4-10-17/h5-8,12H,2-4,9-10H2,1H3,(H,20,21)/t12-/m1/s1. The zero-order valence-corrected chi connectivity index (χ0v) is 13.0. The van der Waals surface area contributed by atoms with Gasteiger partial charge >= 0.3 is 5.97 Å². The lowest BCUT2D eigenvalue weighted by atomic mass is 9.83. The minimum atomic E-state index is -1.03. The molecule has 2 rings (SSSR count). The number of nitriles is 1. The number of nitrogens with one attached hydrogen (secondary N) is 1. The van der Waals surface area contributed by atoms with Gasteiger partial charge in [0.25, 0.3) is 5.91 Å². The smallest absolute Gasteiger partial charge is 0.338 e. The topological polar surface area (TPSA) is 79.2 Å². The van der Waals surface area contributed by atoms with Gasteiger partial charge in [-0.15, -0.1) is 0 Å². The van der Waals surface area contributed by atoms with Crippen molar-refractivity contribution in [2.24, 2.45) is 0 Å². The Morgan fingerprint density at radius 2 is 1.87 bits per heavy atom. The highest BCUT2D eigenvalue weighted by atomic mass is 19.1. The molecule has 0 bridgehead atoms. The maximum atomic E-state index is 12.8. The summed E-state index contributed by atoms with van der Waals surface area (Å²) in [6.45, 7) is 1.45. The second-order valence-electron chi connectivity index (χ2n) is 5.80. The van der Waals surface area contributed by atoms with Gasteiger partial charge in [0.15, 0.2) is 6.10 Å². The third-order valence-electron chi connectivity index (χ3n) is 4.02. The molecule has 0 unspecified atom stereocenters. The second-order valence-corrected chi connectivity index (χ2v) is 5.80. The molecule has 1 amide bonds. The summed E-state index contributed by atoms with van der Waals surface area (Å²) in [7, 11) is 0. The van der Waals surface area contributed by atoms with Gasteiger partial charge in [-0.3, -0.25) is 4.79 Å². The number of hydrogen-bond donors (Lipinski definition) is 1. The lowest BCUT2D eigenvalue weighted by Gasteiger charge is -2.32. The number of nitrogens with zero attached hydrogens (tertiary/aromatic N) is 1. The van der Waals surface area contributed by atoms with Gasteiger partial charge in [-0.1, -0.05) is 19.3 Å². The Bertz CT molecular complexity index is 616.